The molecule has 0 aliphatic carbocycles. The van der Waals surface area contributed by atoms with Gasteiger partial charge in [-0.1, -0.05) is 12.1 Å². The summed E-state index contributed by atoms with van der Waals surface area (Å²) in [4.78, 5) is 10.5. The number of hydrogen-bond donors (Lipinski definition) is 1. The van der Waals surface area contributed by atoms with Gasteiger partial charge in [-0.05, 0) is 30.8 Å². The average Bonchev–Trinajstić information content (AvgIpc) is 2.47. The van der Waals surface area contributed by atoms with Crippen molar-refractivity contribution in [3.8, 4) is 17.6 Å². The third kappa shape index (κ3) is 3.55. The smallest absolute Gasteiger partial charge is 0.311 e. The first-order valence-corrected chi connectivity index (χ1v) is 6.24. The number of rotatable bonds is 5. The molecule has 0 saturated heterocycles. The van der Waals surface area contributed by atoms with Crippen molar-refractivity contribution < 1.29 is 9.66 Å². The van der Waals surface area contributed by atoms with E-state index in [0.717, 1.165) is 5.56 Å². The summed E-state index contributed by atoms with van der Waals surface area (Å²) < 4.78 is 5.58. The predicted octanol–water partition coefficient (Wildman–Crippen LogP) is 2.98. The summed E-state index contributed by atoms with van der Waals surface area (Å²) in [6.07, 6.45) is 0. The highest BCUT2D eigenvalue weighted by molar-refractivity contribution is 5.53. The number of hydrogen-bond acceptors (Lipinski definition) is 5. The Morgan fingerprint density at radius 3 is 2.81 bits per heavy atom. The van der Waals surface area contributed by atoms with Gasteiger partial charge in [-0.15, -0.1) is 0 Å². The van der Waals surface area contributed by atoms with Crippen molar-refractivity contribution >= 4 is 5.69 Å². The molecule has 0 unspecified atom stereocenters. The Kier molecular flexibility index (Phi) is 4.49. The van der Waals surface area contributed by atoms with Gasteiger partial charge in [0.05, 0.1) is 16.6 Å². The van der Waals surface area contributed by atoms with E-state index in [1.54, 1.807) is 12.1 Å². The Labute approximate surface area is 121 Å². The molecule has 0 radical (unpaired) electrons. The predicted molar refractivity (Wildman–Crippen MR) is 77.1 cm³/mol. The van der Waals surface area contributed by atoms with E-state index in [-0.39, 0.29) is 11.4 Å². The number of nitrogens with one attached hydrogen (secondary N) is 1. The van der Waals surface area contributed by atoms with Crippen LogP contribution in [0.2, 0.25) is 0 Å². The lowest BCUT2D eigenvalue weighted by atomic mass is 10.2. The molecule has 0 aliphatic rings. The fourth-order valence-electron chi connectivity index (χ4n) is 1.87. The normalized spacial score (nSPS) is 9.90. The van der Waals surface area contributed by atoms with Crippen LogP contribution in [0.15, 0.2) is 42.5 Å². The Balaban J connectivity index is 2.36. The van der Waals surface area contributed by atoms with Crippen LogP contribution >= 0.6 is 0 Å². The lowest BCUT2D eigenvalue weighted by Gasteiger charge is -2.08. The maximum absolute atomic E-state index is 11.0. The van der Waals surface area contributed by atoms with Crippen LogP contribution < -0.4 is 10.1 Å². The minimum Gasteiger partial charge on any atom is -0.450 e. The van der Waals surface area contributed by atoms with E-state index in [2.05, 4.69) is 5.32 Å². The molecule has 1 N–H and O–H groups in total. The quantitative estimate of drug-likeness (QED) is 0.673. The van der Waals surface area contributed by atoms with Crippen LogP contribution in [0.4, 0.5) is 5.69 Å². The fourth-order valence-corrected chi connectivity index (χ4v) is 1.87. The highest BCUT2D eigenvalue weighted by atomic mass is 16.6. The first-order chi connectivity index (χ1) is 10.1. The van der Waals surface area contributed by atoms with Crippen molar-refractivity contribution in [2.45, 2.75) is 6.54 Å². The number of nitrogens with zero attached hydrogens (tertiary/aromatic N) is 2. The minimum absolute atomic E-state index is 0.0562. The largest absolute Gasteiger partial charge is 0.450 e. The van der Waals surface area contributed by atoms with Crippen LogP contribution in [-0.2, 0) is 6.54 Å². The first kappa shape index (κ1) is 14.5. The Hall–Kier alpha value is -2.91. The van der Waals surface area contributed by atoms with E-state index in [1.165, 1.54) is 18.2 Å². The van der Waals surface area contributed by atoms with Crippen LogP contribution in [0.3, 0.4) is 0 Å². The zero-order valence-corrected chi connectivity index (χ0v) is 11.4. The monoisotopic (exact) mass is 283 g/mol. The Morgan fingerprint density at radius 1 is 1.33 bits per heavy atom. The summed E-state index contributed by atoms with van der Waals surface area (Å²) in [7, 11) is 1.83. The third-order valence-corrected chi connectivity index (χ3v) is 2.79. The van der Waals surface area contributed by atoms with E-state index >= 15 is 0 Å². The average molecular weight is 283 g/mol. The van der Waals surface area contributed by atoms with Gasteiger partial charge in [0.2, 0.25) is 5.75 Å². The zero-order chi connectivity index (χ0) is 15.2. The van der Waals surface area contributed by atoms with E-state index in [0.29, 0.717) is 17.9 Å². The van der Waals surface area contributed by atoms with Gasteiger partial charge >= 0.3 is 5.69 Å². The van der Waals surface area contributed by atoms with Crippen LogP contribution in [0, 0.1) is 21.4 Å². The second-order valence-electron chi connectivity index (χ2n) is 4.33. The van der Waals surface area contributed by atoms with Gasteiger partial charge in [0.1, 0.15) is 5.75 Å². The molecule has 0 heterocycles. The van der Waals surface area contributed by atoms with E-state index in [9.17, 15) is 10.1 Å². The van der Waals surface area contributed by atoms with Crippen molar-refractivity contribution in [3.05, 3.63) is 63.7 Å². The number of benzene rings is 2. The second-order valence-corrected chi connectivity index (χ2v) is 4.33. The molecular weight excluding hydrogens is 270 g/mol. The summed E-state index contributed by atoms with van der Waals surface area (Å²) in [6.45, 7) is 0.664. The van der Waals surface area contributed by atoms with Crippen molar-refractivity contribution in [1.29, 1.82) is 5.26 Å². The number of ether oxygens (including phenoxy) is 1. The topological polar surface area (TPSA) is 88.2 Å². The van der Waals surface area contributed by atoms with Crippen molar-refractivity contribution in [2.75, 3.05) is 7.05 Å². The van der Waals surface area contributed by atoms with Gasteiger partial charge < -0.3 is 10.1 Å². The minimum atomic E-state index is -0.534. The molecule has 6 heteroatoms. The molecule has 2 rings (SSSR count). The number of nitro groups is 1. The van der Waals surface area contributed by atoms with Gasteiger partial charge in [-0.25, -0.2) is 0 Å². The molecule has 0 saturated carbocycles. The van der Waals surface area contributed by atoms with Crippen LogP contribution in [0.1, 0.15) is 11.1 Å². The summed E-state index contributed by atoms with van der Waals surface area (Å²) in [5.74, 6) is 0.543. The molecule has 21 heavy (non-hydrogen) atoms. The summed E-state index contributed by atoms with van der Waals surface area (Å²) in [5, 5.41) is 22.9. The SMILES string of the molecule is CNCc1cccc(Oc2cc(C#N)ccc2[N+](=O)[O-])c1. The molecule has 0 atom stereocenters. The van der Waals surface area contributed by atoms with Crippen LogP contribution in [-0.4, -0.2) is 12.0 Å². The van der Waals surface area contributed by atoms with Crippen molar-refractivity contribution in [3.63, 3.8) is 0 Å². The standard InChI is InChI=1S/C15H13N3O3/c1-17-10-12-3-2-4-13(7-12)21-15-8-11(9-16)5-6-14(15)18(19)20/h2-8,17H,10H2,1H3. The van der Waals surface area contributed by atoms with E-state index < -0.39 is 4.92 Å². The molecule has 0 spiro atoms. The summed E-state index contributed by atoms with van der Waals surface area (Å²) in [5.41, 5.74) is 1.13. The van der Waals surface area contributed by atoms with Crippen LogP contribution in [0.5, 0.6) is 11.5 Å². The highest BCUT2D eigenvalue weighted by Crippen LogP contribution is 2.32. The first-order valence-electron chi connectivity index (χ1n) is 6.24. The summed E-state index contributed by atoms with van der Waals surface area (Å²) in [6, 6.07) is 13.2. The molecule has 106 valence electrons. The van der Waals surface area contributed by atoms with Gasteiger partial charge in [-0.2, -0.15) is 5.26 Å². The van der Waals surface area contributed by atoms with Crippen molar-refractivity contribution in [2.24, 2.45) is 0 Å². The van der Waals surface area contributed by atoms with Gasteiger partial charge in [0.15, 0.2) is 0 Å². The van der Waals surface area contributed by atoms with Crippen molar-refractivity contribution in [1.82, 2.24) is 5.32 Å². The number of nitriles is 1. The highest BCUT2D eigenvalue weighted by Gasteiger charge is 2.16. The maximum Gasteiger partial charge on any atom is 0.311 e. The van der Waals surface area contributed by atoms with Crippen LogP contribution in [0.25, 0.3) is 0 Å². The van der Waals surface area contributed by atoms with E-state index in [4.69, 9.17) is 10.00 Å². The molecule has 2 aromatic carbocycles. The molecule has 0 aliphatic heterocycles. The molecule has 0 aromatic heterocycles. The lowest BCUT2D eigenvalue weighted by Crippen LogP contribution is -2.04. The van der Waals surface area contributed by atoms with Gasteiger partial charge in [0, 0.05) is 18.7 Å². The van der Waals surface area contributed by atoms with Gasteiger partial charge in [-0.3, -0.25) is 10.1 Å². The molecule has 6 nitrogen and oxygen atoms in total. The lowest BCUT2D eigenvalue weighted by molar-refractivity contribution is -0.385. The Bertz CT molecular complexity index is 708. The van der Waals surface area contributed by atoms with E-state index in [1.807, 2.05) is 25.2 Å². The molecule has 2 aromatic rings. The Morgan fingerprint density at radius 2 is 2.14 bits per heavy atom. The third-order valence-electron chi connectivity index (χ3n) is 2.79. The summed E-state index contributed by atoms with van der Waals surface area (Å²) >= 11 is 0. The number of nitro benzene ring substituents is 1. The molecule has 0 amide bonds. The maximum atomic E-state index is 11.0. The molecule has 0 fully saturated rings. The fraction of sp³-hybridized carbons (Fsp3) is 0.133. The zero-order valence-electron chi connectivity index (χ0n) is 11.4. The molecule has 0 bridgehead atoms. The molecular formula is C15H13N3O3. The second kappa shape index (κ2) is 6.50. The van der Waals surface area contributed by atoms with Gasteiger partial charge in [0.25, 0.3) is 0 Å².